The summed E-state index contributed by atoms with van der Waals surface area (Å²) in [4.78, 5) is 39.9. The number of carbonyl (C=O) groups excluding carboxylic acids is 2. The third-order valence-corrected chi connectivity index (χ3v) is 4.55. The first-order chi connectivity index (χ1) is 10.1. The van der Waals surface area contributed by atoms with Crippen LogP contribution < -0.4 is 4.90 Å². The Labute approximate surface area is 120 Å². The number of aliphatic carboxylic acids is 1. The predicted molar refractivity (Wildman–Crippen MR) is 72.7 cm³/mol. The second kappa shape index (κ2) is 3.84. The number of hydrogen-bond donors (Lipinski definition) is 1. The first-order valence-electron chi connectivity index (χ1n) is 7.06. The molecule has 6 nitrogen and oxygen atoms in total. The molecule has 0 bridgehead atoms. The van der Waals surface area contributed by atoms with E-state index in [4.69, 9.17) is 0 Å². The number of fused-ring (bicyclic) bond motifs is 3. The van der Waals surface area contributed by atoms with Crippen molar-refractivity contribution in [2.24, 2.45) is 0 Å². The van der Waals surface area contributed by atoms with Crippen LogP contribution in [0.25, 0.3) is 0 Å². The molecule has 1 saturated heterocycles. The Hall–Kier alpha value is -2.37. The summed E-state index contributed by atoms with van der Waals surface area (Å²) in [5.41, 5.74) is -0.704. The summed E-state index contributed by atoms with van der Waals surface area (Å²) in [6.45, 7) is 0. The minimum atomic E-state index is -1.54. The number of carboxylic acids is 1. The maximum atomic E-state index is 12.8. The highest BCUT2D eigenvalue weighted by atomic mass is 16.4. The van der Waals surface area contributed by atoms with Gasteiger partial charge in [0.1, 0.15) is 0 Å². The van der Waals surface area contributed by atoms with Crippen molar-refractivity contribution in [3.63, 3.8) is 0 Å². The van der Waals surface area contributed by atoms with E-state index in [1.165, 1.54) is 9.80 Å². The minimum absolute atomic E-state index is 0.0737. The lowest BCUT2D eigenvalue weighted by Crippen LogP contribution is -2.68. The molecule has 2 amide bonds. The van der Waals surface area contributed by atoms with Crippen LogP contribution in [-0.4, -0.2) is 39.5 Å². The van der Waals surface area contributed by atoms with E-state index in [0.29, 0.717) is 11.3 Å². The number of anilines is 1. The molecule has 108 valence electrons. The van der Waals surface area contributed by atoms with Crippen LogP contribution in [0.2, 0.25) is 0 Å². The van der Waals surface area contributed by atoms with Gasteiger partial charge in [-0.15, -0.1) is 0 Å². The molecule has 0 spiro atoms. The summed E-state index contributed by atoms with van der Waals surface area (Å²) in [6.07, 6.45) is 1.89. The van der Waals surface area contributed by atoms with E-state index in [1.807, 2.05) is 0 Å². The van der Waals surface area contributed by atoms with Crippen molar-refractivity contribution in [1.29, 1.82) is 0 Å². The number of nitrogens with zero attached hydrogens (tertiary/aromatic N) is 2. The van der Waals surface area contributed by atoms with Crippen LogP contribution >= 0.6 is 0 Å². The minimum Gasteiger partial charge on any atom is -0.478 e. The van der Waals surface area contributed by atoms with Crippen molar-refractivity contribution < 1.29 is 19.5 Å². The highest BCUT2D eigenvalue weighted by Gasteiger charge is 2.63. The van der Waals surface area contributed by atoms with Crippen LogP contribution in [0.5, 0.6) is 0 Å². The van der Waals surface area contributed by atoms with Crippen LogP contribution in [0.1, 0.15) is 36.0 Å². The van der Waals surface area contributed by atoms with Gasteiger partial charge in [0.05, 0.1) is 11.3 Å². The fourth-order valence-corrected chi connectivity index (χ4v) is 3.53. The molecule has 1 aromatic carbocycles. The Morgan fingerprint density at radius 2 is 1.95 bits per heavy atom. The summed E-state index contributed by atoms with van der Waals surface area (Å²) in [6, 6.07) is 6.69. The molecule has 21 heavy (non-hydrogen) atoms. The van der Waals surface area contributed by atoms with Gasteiger partial charge in [-0.3, -0.25) is 14.5 Å². The third kappa shape index (κ3) is 1.39. The zero-order valence-corrected chi connectivity index (χ0v) is 11.3. The van der Waals surface area contributed by atoms with E-state index in [-0.39, 0.29) is 30.7 Å². The first-order valence-corrected chi connectivity index (χ1v) is 7.06. The number of para-hydroxylation sites is 1. The largest absolute Gasteiger partial charge is 0.478 e. The number of benzene rings is 1. The van der Waals surface area contributed by atoms with Crippen molar-refractivity contribution in [2.45, 2.75) is 37.4 Å². The van der Waals surface area contributed by atoms with E-state index in [9.17, 15) is 19.5 Å². The molecule has 2 heterocycles. The maximum Gasteiger partial charge on any atom is 0.351 e. The number of rotatable bonds is 2. The Morgan fingerprint density at radius 1 is 1.24 bits per heavy atom. The van der Waals surface area contributed by atoms with E-state index in [2.05, 4.69) is 0 Å². The zero-order valence-electron chi connectivity index (χ0n) is 11.3. The molecule has 2 fully saturated rings. The second-order valence-electron chi connectivity index (χ2n) is 5.77. The number of hydrogen-bond acceptors (Lipinski definition) is 3. The van der Waals surface area contributed by atoms with Crippen LogP contribution in [0, 0.1) is 0 Å². The molecule has 3 aliphatic rings. The average molecular weight is 286 g/mol. The first kappa shape index (κ1) is 12.4. The smallest absolute Gasteiger partial charge is 0.351 e. The van der Waals surface area contributed by atoms with E-state index >= 15 is 0 Å². The lowest BCUT2D eigenvalue weighted by molar-refractivity contribution is -0.150. The predicted octanol–water partition coefficient (Wildman–Crippen LogP) is 1.21. The Morgan fingerprint density at radius 3 is 2.62 bits per heavy atom. The summed E-state index contributed by atoms with van der Waals surface area (Å²) in [5.74, 6) is -1.63. The molecule has 6 heteroatoms. The zero-order chi connectivity index (χ0) is 14.8. The van der Waals surface area contributed by atoms with Gasteiger partial charge >= 0.3 is 5.97 Å². The topological polar surface area (TPSA) is 77.9 Å². The van der Waals surface area contributed by atoms with Gasteiger partial charge in [0, 0.05) is 18.9 Å². The monoisotopic (exact) mass is 286 g/mol. The number of carbonyl (C=O) groups is 3. The fourth-order valence-electron chi connectivity index (χ4n) is 3.53. The van der Waals surface area contributed by atoms with Gasteiger partial charge < -0.3 is 10.0 Å². The summed E-state index contributed by atoms with van der Waals surface area (Å²) in [5, 5.41) is 9.82. The molecule has 4 rings (SSSR count). The molecule has 1 atom stereocenters. The van der Waals surface area contributed by atoms with E-state index < -0.39 is 11.6 Å². The fraction of sp³-hybridized carbons (Fsp3) is 0.400. The number of amides is 2. The molecular weight excluding hydrogens is 272 g/mol. The van der Waals surface area contributed by atoms with Crippen molar-refractivity contribution in [3.05, 3.63) is 29.8 Å². The second-order valence-corrected chi connectivity index (χ2v) is 5.77. The van der Waals surface area contributed by atoms with Gasteiger partial charge in [-0.05, 0) is 25.0 Å². The van der Waals surface area contributed by atoms with Gasteiger partial charge in [-0.25, -0.2) is 4.79 Å². The quantitative estimate of drug-likeness (QED) is 0.886. The van der Waals surface area contributed by atoms with E-state index in [1.54, 1.807) is 24.3 Å². The highest BCUT2D eigenvalue weighted by molar-refractivity contribution is 6.15. The average Bonchev–Trinajstić information content (AvgIpc) is 3.23. The molecule has 2 aliphatic heterocycles. The number of carboxylic acid groups (broad SMARTS) is 1. The van der Waals surface area contributed by atoms with Gasteiger partial charge in [0.15, 0.2) is 0 Å². The van der Waals surface area contributed by atoms with Crippen LogP contribution in [0.3, 0.4) is 0 Å². The molecule has 0 radical (unpaired) electrons. The van der Waals surface area contributed by atoms with Crippen molar-refractivity contribution >= 4 is 23.5 Å². The molecule has 1 N–H and O–H groups in total. The summed E-state index contributed by atoms with van der Waals surface area (Å²) in [7, 11) is 0. The van der Waals surface area contributed by atoms with Gasteiger partial charge in [0.2, 0.25) is 11.6 Å². The van der Waals surface area contributed by atoms with Gasteiger partial charge in [-0.1, -0.05) is 12.1 Å². The molecule has 1 saturated carbocycles. The molecule has 0 unspecified atom stereocenters. The summed E-state index contributed by atoms with van der Waals surface area (Å²) >= 11 is 0. The standard InChI is InChI=1S/C15H14N2O4/c18-12-7-8-15(14(20)21)16(9-5-6-9)13(19)10-3-1-2-4-11(10)17(12)15/h1-4,9H,5-8H2,(H,20,21)/t15-/m1/s1. The molecule has 0 aromatic heterocycles. The van der Waals surface area contributed by atoms with Crippen molar-refractivity contribution in [1.82, 2.24) is 4.90 Å². The Balaban J connectivity index is 2.00. The van der Waals surface area contributed by atoms with Gasteiger partial charge in [0.25, 0.3) is 5.91 Å². The normalized spacial score (nSPS) is 27.6. The third-order valence-electron chi connectivity index (χ3n) is 4.55. The molecular formula is C15H14N2O4. The maximum absolute atomic E-state index is 12.8. The highest BCUT2D eigenvalue weighted by Crippen LogP contribution is 2.48. The molecule has 1 aliphatic carbocycles. The Bertz CT molecular complexity index is 682. The van der Waals surface area contributed by atoms with Gasteiger partial charge in [-0.2, -0.15) is 0 Å². The lowest BCUT2D eigenvalue weighted by Gasteiger charge is -2.47. The lowest BCUT2D eigenvalue weighted by atomic mass is 9.96. The van der Waals surface area contributed by atoms with Crippen molar-refractivity contribution in [2.75, 3.05) is 4.90 Å². The molecule has 1 aromatic rings. The SMILES string of the molecule is O=C1CC[C@]2(C(=O)O)N1c1ccccc1C(=O)N2C1CC1. The van der Waals surface area contributed by atoms with Crippen LogP contribution in [0.4, 0.5) is 5.69 Å². The summed E-state index contributed by atoms with van der Waals surface area (Å²) < 4.78 is 0. The van der Waals surface area contributed by atoms with Crippen LogP contribution in [-0.2, 0) is 9.59 Å². The van der Waals surface area contributed by atoms with E-state index in [0.717, 1.165) is 12.8 Å². The van der Waals surface area contributed by atoms with Crippen LogP contribution in [0.15, 0.2) is 24.3 Å². The Kier molecular flexibility index (Phi) is 2.26. The van der Waals surface area contributed by atoms with Crippen molar-refractivity contribution in [3.8, 4) is 0 Å².